The highest BCUT2D eigenvalue weighted by Gasteiger charge is 2.43. The molecule has 0 bridgehead atoms. The molecule has 0 fully saturated rings. The predicted molar refractivity (Wildman–Crippen MR) is 244 cm³/mol. The Hall–Kier alpha value is -7.30. The van der Waals surface area contributed by atoms with E-state index < -0.39 is 0 Å². The molecule has 3 heterocycles. The summed E-state index contributed by atoms with van der Waals surface area (Å²) in [6.45, 7) is 6.92. The predicted octanol–water partition coefficient (Wildman–Crippen LogP) is 14.2. The van der Waals surface area contributed by atoms with Crippen molar-refractivity contribution in [3.63, 3.8) is 0 Å². The van der Waals surface area contributed by atoms with E-state index in [-0.39, 0.29) is 16.9 Å². The Balaban J connectivity index is 1.07. The van der Waals surface area contributed by atoms with Crippen LogP contribution in [-0.2, 0) is 10.8 Å². The summed E-state index contributed by atoms with van der Waals surface area (Å²) in [5, 5.41) is 2.19. The number of ether oxygens (including phenoxy) is 1. The van der Waals surface area contributed by atoms with E-state index in [9.17, 15) is 0 Å². The standard InChI is InChI=1S/C56H40N2O2/c1-55(2)45-17-9-7-15-40(45)41-25-21-38(32-46(41)55)48-33-49(58-54(57-48)34-13-5-4-6-14-34)43-29-35(36-22-27-52-47(31-36)56(3)28-12-11-19-53(56)60-52)20-24-39(43)37-23-26-51-44(30-37)42-16-8-10-18-50(42)59-51/h4-33,53H,1-3H3. The van der Waals surface area contributed by atoms with Crippen LogP contribution in [0.2, 0.25) is 0 Å². The quantitative estimate of drug-likeness (QED) is 0.175. The highest BCUT2D eigenvalue weighted by molar-refractivity contribution is 6.07. The van der Waals surface area contributed by atoms with E-state index in [1.54, 1.807) is 0 Å². The number of rotatable bonds is 5. The zero-order chi connectivity index (χ0) is 40.2. The lowest BCUT2D eigenvalue weighted by atomic mass is 9.76. The molecule has 0 radical (unpaired) electrons. The van der Waals surface area contributed by atoms with Crippen LogP contribution >= 0.6 is 0 Å². The van der Waals surface area contributed by atoms with E-state index in [1.165, 1.54) is 27.8 Å². The molecule has 0 amide bonds. The number of furan rings is 1. The molecule has 1 aliphatic heterocycles. The van der Waals surface area contributed by atoms with Gasteiger partial charge in [0.25, 0.3) is 0 Å². The van der Waals surface area contributed by atoms with Crippen LogP contribution in [0.5, 0.6) is 5.75 Å². The largest absolute Gasteiger partial charge is 0.485 e. The van der Waals surface area contributed by atoms with Crippen molar-refractivity contribution in [2.75, 3.05) is 0 Å². The van der Waals surface area contributed by atoms with Gasteiger partial charge in [0.2, 0.25) is 0 Å². The van der Waals surface area contributed by atoms with E-state index in [1.807, 2.05) is 18.2 Å². The summed E-state index contributed by atoms with van der Waals surface area (Å²) >= 11 is 0. The number of allylic oxidation sites excluding steroid dienone is 2. The molecule has 2 atom stereocenters. The number of hydrogen-bond acceptors (Lipinski definition) is 4. The van der Waals surface area contributed by atoms with Crippen molar-refractivity contribution in [1.29, 1.82) is 0 Å². The van der Waals surface area contributed by atoms with Gasteiger partial charge in [-0.15, -0.1) is 0 Å². The first kappa shape index (κ1) is 34.7. The van der Waals surface area contributed by atoms with E-state index in [2.05, 4.69) is 185 Å². The number of para-hydroxylation sites is 1. The number of aromatic nitrogens is 2. The summed E-state index contributed by atoms with van der Waals surface area (Å²) in [5.41, 5.74) is 17.0. The molecule has 2 unspecified atom stereocenters. The van der Waals surface area contributed by atoms with Crippen molar-refractivity contribution in [2.24, 2.45) is 0 Å². The third kappa shape index (κ3) is 5.23. The molecule has 7 aromatic carbocycles. The molecule has 60 heavy (non-hydrogen) atoms. The molecule has 2 aromatic heterocycles. The van der Waals surface area contributed by atoms with Gasteiger partial charge in [-0.1, -0.05) is 141 Å². The second-order valence-electron chi connectivity index (χ2n) is 17.1. The topological polar surface area (TPSA) is 48.2 Å². The normalized spacial score (nSPS) is 17.9. The summed E-state index contributed by atoms with van der Waals surface area (Å²) in [6, 6.07) is 56.4. The van der Waals surface area contributed by atoms with Gasteiger partial charge in [-0.25, -0.2) is 9.97 Å². The summed E-state index contributed by atoms with van der Waals surface area (Å²) in [6.07, 6.45) is 8.62. The van der Waals surface area contributed by atoms with Crippen LogP contribution in [-0.4, -0.2) is 16.1 Å². The van der Waals surface area contributed by atoms with Crippen LogP contribution in [0.3, 0.4) is 0 Å². The fourth-order valence-electron chi connectivity index (χ4n) is 9.88. The Morgan fingerprint density at radius 3 is 2.08 bits per heavy atom. The van der Waals surface area contributed by atoms with Crippen molar-refractivity contribution >= 4 is 21.9 Å². The van der Waals surface area contributed by atoms with Crippen LogP contribution in [0.15, 0.2) is 186 Å². The molecule has 286 valence electrons. The minimum absolute atomic E-state index is 0.0191. The van der Waals surface area contributed by atoms with Crippen molar-refractivity contribution in [3.05, 3.63) is 199 Å². The second-order valence-corrected chi connectivity index (χ2v) is 17.1. The Bertz CT molecular complexity index is 3300. The van der Waals surface area contributed by atoms with Crippen molar-refractivity contribution in [2.45, 2.75) is 37.7 Å². The zero-order valence-electron chi connectivity index (χ0n) is 33.6. The Morgan fingerprint density at radius 1 is 0.467 bits per heavy atom. The molecule has 4 heteroatoms. The third-order valence-corrected chi connectivity index (χ3v) is 13.2. The maximum atomic E-state index is 6.44. The fraction of sp³-hybridized carbons (Fsp3) is 0.107. The first-order valence-electron chi connectivity index (χ1n) is 20.7. The molecular formula is C56H40N2O2. The van der Waals surface area contributed by atoms with Gasteiger partial charge in [-0.2, -0.15) is 0 Å². The van der Waals surface area contributed by atoms with Gasteiger partial charge in [0.1, 0.15) is 23.0 Å². The summed E-state index contributed by atoms with van der Waals surface area (Å²) in [4.78, 5) is 10.7. The Kier molecular flexibility index (Phi) is 7.43. The maximum absolute atomic E-state index is 6.44. The lowest BCUT2D eigenvalue weighted by Crippen LogP contribution is -2.32. The van der Waals surface area contributed by atoms with Crippen molar-refractivity contribution in [3.8, 4) is 73.0 Å². The van der Waals surface area contributed by atoms with Gasteiger partial charge in [0.15, 0.2) is 5.82 Å². The zero-order valence-corrected chi connectivity index (χ0v) is 33.6. The summed E-state index contributed by atoms with van der Waals surface area (Å²) < 4.78 is 12.7. The third-order valence-electron chi connectivity index (χ3n) is 13.2. The van der Waals surface area contributed by atoms with Crippen LogP contribution in [0, 0.1) is 0 Å². The van der Waals surface area contributed by atoms with Gasteiger partial charge in [-0.05, 0) is 106 Å². The minimum atomic E-state index is -0.233. The fourth-order valence-corrected chi connectivity index (χ4v) is 9.88. The van der Waals surface area contributed by atoms with E-state index in [0.717, 1.165) is 78.0 Å². The van der Waals surface area contributed by atoms with Crippen LogP contribution in [0.25, 0.3) is 89.2 Å². The monoisotopic (exact) mass is 772 g/mol. The SMILES string of the molecule is CC1(C)c2ccccc2-c2ccc(-c3cc(-c4cc(-c5ccc6c(c5)C5(C)C=CC=CC5O6)ccc4-c4ccc5oc6ccccc6c5c4)nc(-c4ccccc4)n3)cc21. The van der Waals surface area contributed by atoms with E-state index >= 15 is 0 Å². The first-order chi connectivity index (χ1) is 29.3. The molecule has 3 aliphatic rings. The molecular weight excluding hydrogens is 733 g/mol. The molecule has 4 nitrogen and oxygen atoms in total. The van der Waals surface area contributed by atoms with Gasteiger partial charge in [0.05, 0.1) is 16.8 Å². The lowest BCUT2D eigenvalue weighted by Gasteiger charge is -2.27. The molecule has 0 N–H and O–H groups in total. The molecule has 2 aliphatic carbocycles. The van der Waals surface area contributed by atoms with E-state index in [4.69, 9.17) is 19.1 Å². The Morgan fingerprint density at radius 2 is 1.17 bits per heavy atom. The maximum Gasteiger partial charge on any atom is 0.160 e. The average Bonchev–Trinajstić information content (AvgIpc) is 3.90. The summed E-state index contributed by atoms with van der Waals surface area (Å²) in [5.74, 6) is 1.62. The van der Waals surface area contributed by atoms with Gasteiger partial charge >= 0.3 is 0 Å². The average molecular weight is 773 g/mol. The van der Waals surface area contributed by atoms with Gasteiger partial charge in [-0.3, -0.25) is 0 Å². The highest BCUT2D eigenvalue weighted by Crippen LogP contribution is 2.51. The number of hydrogen-bond donors (Lipinski definition) is 0. The smallest absolute Gasteiger partial charge is 0.160 e. The molecule has 0 saturated heterocycles. The highest BCUT2D eigenvalue weighted by atomic mass is 16.5. The second kappa shape index (κ2) is 12.8. The van der Waals surface area contributed by atoms with Crippen LogP contribution in [0.4, 0.5) is 0 Å². The molecule has 12 rings (SSSR count). The van der Waals surface area contributed by atoms with Gasteiger partial charge in [0, 0.05) is 38.4 Å². The molecule has 9 aromatic rings. The number of benzene rings is 7. The number of nitrogens with zero attached hydrogens (tertiary/aromatic N) is 2. The van der Waals surface area contributed by atoms with Crippen LogP contribution < -0.4 is 4.74 Å². The van der Waals surface area contributed by atoms with E-state index in [0.29, 0.717) is 5.82 Å². The minimum Gasteiger partial charge on any atom is -0.485 e. The van der Waals surface area contributed by atoms with Crippen LogP contribution in [0.1, 0.15) is 37.5 Å². The lowest BCUT2D eigenvalue weighted by molar-refractivity contribution is 0.228. The molecule has 0 spiro atoms. The van der Waals surface area contributed by atoms with Crippen molar-refractivity contribution < 1.29 is 9.15 Å². The van der Waals surface area contributed by atoms with Gasteiger partial charge < -0.3 is 9.15 Å². The summed E-state index contributed by atoms with van der Waals surface area (Å²) in [7, 11) is 0. The first-order valence-corrected chi connectivity index (χ1v) is 20.7. The van der Waals surface area contributed by atoms with Crippen molar-refractivity contribution in [1.82, 2.24) is 9.97 Å². The number of fused-ring (bicyclic) bond motifs is 9. The molecule has 0 saturated carbocycles. The Labute approximate surface area is 349 Å².